The maximum absolute atomic E-state index is 11.0. The highest BCUT2D eigenvalue weighted by molar-refractivity contribution is 5.31. The lowest BCUT2D eigenvalue weighted by atomic mass is 10.1. The molecule has 1 fully saturated rings. The van der Waals surface area contributed by atoms with Crippen molar-refractivity contribution in [2.24, 2.45) is 0 Å². The van der Waals surface area contributed by atoms with Crippen molar-refractivity contribution in [1.29, 1.82) is 0 Å². The minimum atomic E-state index is -0.119. The zero-order valence-electron chi connectivity index (χ0n) is 8.62. The Kier molecular flexibility index (Phi) is 3.34. The van der Waals surface area contributed by atoms with E-state index in [9.17, 15) is 4.79 Å². The van der Waals surface area contributed by atoms with Crippen molar-refractivity contribution in [2.45, 2.75) is 25.3 Å². The number of aromatic nitrogens is 2. The summed E-state index contributed by atoms with van der Waals surface area (Å²) in [5.41, 5.74) is -0.119. The van der Waals surface area contributed by atoms with Crippen molar-refractivity contribution in [1.82, 2.24) is 15.3 Å². The fraction of sp³-hybridized carbons (Fsp3) is 0.600. The van der Waals surface area contributed by atoms with Crippen molar-refractivity contribution < 1.29 is 0 Å². The third kappa shape index (κ3) is 3.06. The van der Waals surface area contributed by atoms with Gasteiger partial charge in [-0.1, -0.05) is 0 Å². The smallest absolute Gasteiger partial charge is 0.252 e. The van der Waals surface area contributed by atoms with Crippen molar-refractivity contribution in [3.63, 3.8) is 0 Å². The van der Waals surface area contributed by atoms with Gasteiger partial charge in [0.05, 0.1) is 6.33 Å². The fourth-order valence-corrected chi connectivity index (χ4v) is 1.84. The van der Waals surface area contributed by atoms with Gasteiger partial charge in [-0.15, -0.1) is 0 Å². The number of hydrogen-bond donors (Lipinski definition) is 3. The van der Waals surface area contributed by atoms with Gasteiger partial charge in [-0.2, -0.15) is 0 Å². The Morgan fingerprint density at radius 3 is 3.27 bits per heavy atom. The minimum Gasteiger partial charge on any atom is -0.370 e. The molecule has 1 aromatic heterocycles. The molecule has 0 saturated carbocycles. The third-order valence-corrected chi connectivity index (χ3v) is 2.64. The Morgan fingerprint density at radius 1 is 1.60 bits per heavy atom. The van der Waals surface area contributed by atoms with Crippen LogP contribution in [-0.2, 0) is 0 Å². The molecule has 5 nitrogen and oxygen atoms in total. The summed E-state index contributed by atoms with van der Waals surface area (Å²) in [5, 5.41) is 6.57. The number of H-pyrrole nitrogens is 1. The second-order valence-electron chi connectivity index (χ2n) is 3.81. The van der Waals surface area contributed by atoms with E-state index in [1.54, 1.807) is 0 Å². The lowest BCUT2D eigenvalue weighted by molar-refractivity contribution is 0.574. The maximum Gasteiger partial charge on any atom is 0.252 e. The summed E-state index contributed by atoms with van der Waals surface area (Å²) in [4.78, 5) is 17.5. The Labute approximate surface area is 88.3 Å². The lowest BCUT2D eigenvalue weighted by Gasteiger charge is -2.10. The van der Waals surface area contributed by atoms with Crippen LogP contribution < -0.4 is 16.2 Å². The van der Waals surface area contributed by atoms with Gasteiger partial charge in [0, 0.05) is 18.7 Å². The van der Waals surface area contributed by atoms with Gasteiger partial charge in [-0.05, 0) is 25.8 Å². The zero-order valence-corrected chi connectivity index (χ0v) is 8.62. The monoisotopic (exact) mass is 208 g/mol. The number of anilines is 1. The molecule has 82 valence electrons. The third-order valence-electron chi connectivity index (χ3n) is 2.64. The van der Waals surface area contributed by atoms with Gasteiger partial charge in [0.1, 0.15) is 5.82 Å². The Morgan fingerprint density at radius 2 is 2.53 bits per heavy atom. The van der Waals surface area contributed by atoms with Crippen LogP contribution in [0.15, 0.2) is 17.2 Å². The standard InChI is InChI=1S/C10H16N4O/c15-10-6-9(13-7-14-10)12-5-3-8-2-1-4-11-8/h6-8,11H,1-5H2,(H2,12,13,14,15)/t8-/m0/s1. The summed E-state index contributed by atoms with van der Waals surface area (Å²) >= 11 is 0. The first-order valence-electron chi connectivity index (χ1n) is 5.36. The van der Waals surface area contributed by atoms with Crippen LogP contribution in [0.4, 0.5) is 5.82 Å². The zero-order chi connectivity index (χ0) is 10.5. The second kappa shape index (κ2) is 4.93. The van der Waals surface area contributed by atoms with Gasteiger partial charge in [0.15, 0.2) is 0 Å². The van der Waals surface area contributed by atoms with Crippen LogP contribution >= 0.6 is 0 Å². The Hall–Kier alpha value is -1.36. The van der Waals surface area contributed by atoms with Gasteiger partial charge in [0.2, 0.25) is 0 Å². The summed E-state index contributed by atoms with van der Waals surface area (Å²) in [5.74, 6) is 0.650. The molecular formula is C10H16N4O. The van der Waals surface area contributed by atoms with Crippen LogP contribution in [0.3, 0.4) is 0 Å². The first-order valence-corrected chi connectivity index (χ1v) is 5.36. The van der Waals surface area contributed by atoms with Crippen LogP contribution in [0.5, 0.6) is 0 Å². The Balaban J connectivity index is 1.75. The molecule has 1 aromatic rings. The first-order chi connectivity index (χ1) is 7.34. The Bertz CT molecular complexity index is 356. The van der Waals surface area contributed by atoms with Crippen LogP contribution in [-0.4, -0.2) is 29.1 Å². The molecule has 0 aliphatic carbocycles. The van der Waals surface area contributed by atoms with Crippen LogP contribution in [0.1, 0.15) is 19.3 Å². The first kappa shape index (κ1) is 10.2. The molecule has 1 atom stereocenters. The molecule has 1 saturated heterocycles. The van der Waals surface area contributed by atoms with Gasteiger partial charge >= 0.3 is 0 Å². The largest absolute Gasteiger partial charge is 0.370 e. The van der Waals surface area contributed by atoms with Gasteiger partial charge in [-0.25, -0.2) is 4.98 Å². The SMILES string of the molecule is O=c1cc(NCC[C@@H]2CCCN2)nc[nH]1. The summed E-state index contributed by atoms with van der Waals surface area (Å²) in [6.07, 6.45) is 5.02. The lowest BCUT2D eigenvalue weighted by Crippen LogP contribution is -2.24. The van der Waals surface area contributed by atoms with Crippen molar-refractivity contribution in [3.8, 4) is 0 Å². The quantitative estimate of drug-likeness (QED) is 0.666. The van der Waals surface area contributed by atoms with Crippen molar-refractivity contribution in [3.05, 3.63) is 22.7 Å². The minimum absolute atomic E-state index is 0.119. The molecule has 0 unspecified atom stereocenters. The topological polar surface area (TPSA) is 69.8 Å². The second-order valence-corrected chi connectivity index (χ2v) is 3.81. The number of nitrogens with zero attached hydrogens (tertiary/aromatic N) is 1. The summed E-state index contributed by atoms with van der Waals surface area (Å²) < 4.78 is 0. The van der Waals surface area contributed by atoms with Crippen LogP contribution in [0.25, 0.3) is 0 Å². The number of aromatic amines is 1. The molecular weight excluding hydrogens is 192 g/mol. The van der Waals surface area contributed by atoms with Gasteiger partial charge in [-0.3, -0.25) is 4.79 Å². The van der Waals surface area contributed by atoms with E-state index < -0.39 is 0 Å². The molecule has 0 radical (unpaired) electrons. The molecule has 1 aliphatic heterocycles. The van der Waals surface area contributed by atoms with E-state index >= 15 is 0 Å². The predicted molar refractivity (Wildman–Crippen MR) is 59.0 cm³/mol. The van der Waals surface area contributed by atoms with Crippen LogP contribution in [0, 0.1) is 0 Å². The molecule has 0 aromatic carbocycles. The molecule has 3 N–H and O–H groups in total. The highest BCUT2D eigenvalue weighted by Gasteiger charge is 2.12. The summed E-state index contributed by atoms with van der Waals surface area (Å²) in [7, 11) is 0. The molecule has 2 heterocycles. The highest BCUT2D eigenvalue weighted by Crippen LogP contribution is 2.08. The molecule has 15 heavy (non-hydrogen) atoms. The maximum atomic E-state index is 11.0. The molecule has 1 aliphatic rings. The van der Waals surface area contributed by atoms with E-state index in [0.717, 1.165) is 19.5 Å². The van der Waals surface area contributed by atoms with E-state index in [1.807, 2.05) is 0 Å². The number of rotatable bonds is 4. The van der Waals surface area contributed by atoms with Gasteiger partial charge in [0.25, 0.3) is 5.56 Å². The van der Waals surface area contributed by atoms with Crippen LogP contribution in [0.2, 0.25) is 0 Å². The van der Waals surface area contributed by atoms with Crippen molar-refractivity contribution in [2.75, 3.05) is 18.4 Å². The molecule has 0 bridgehead atoms. The average molecular weight is 208 g/mol. The molecule has 0 amide bonds. The van der Waals surface area contributed by atoms with E-state index in [4.69, 9.17) is 0 Å². The molecule has 2 rings (SSSR count). The molecule has 5 heteroatoms. The number of hydrogen-bond acceptors (Lipinski definition) is 4. The van der Waals surface area contributed by atoms with Gasteiger partial charge < -0.3 is 15.6 Å². The summed E-state index contributed by atoms with van der Waals surface area (Å²) in [6.45, 7) is 1.99. The van der Waals surface area contributed by atoms with E-state index in [2.05, 4.69) is 20.6 Å². The van der Waals surface area contributed by atoms with Crippen molar-refractivity contribution >= 4 is 5.82 Å². The normalized spacial score (nSPS) is 20.4. The van der Waals surface area contributed by atoms with E-state index in [-0.39, 0.29) is 5.56 Å². The average Bonchev–Trinajstić information content (AvgIpc) is 2.71. The summed E-state index contributed by atoms with van der Waals surface area (Å²) in [6, 6.07) is 2.10. The van der Waals surface area contributed by atoms with E-state index in [1.165, 1.54) is 25.2 Å². The highest BCUT2D eigenvalue weighted by atomic mass is 16.1. The molecule has 0 spiro atoms. The van der Waals surface area contributed by atoms with E-state index in [0.29, 0.717) is 11.9 Å². The predicted octanol–water partition coefficient (Wildman–Crippen LogP) is 0.324. The number of nitrogens with one attached hydrogen (secondary N) is 3. The fourth-order valence-electron chi connectivity index (χ4n) is 1.84.